The lowest BCUT2D eigenvalue weighted by Crippen LogP contribution is -2.55. The van der Waals surface area contributed by atoms with E-state index in [-0.39, 0.29) is 6.04 Å². The third-order valence-electron chi connectivity index (χ3n) is 4.83. The zero-order chi connectivity index (χ0) is 16.8. The highest BCUT2D eigenvalue weighted by molar-refractivity contribution is 7.90. The summed E-state index contributed by atoms with van der Waals surface area (Å²) in [5.41, 5.74) is 5.22. The van der Waals surface area contributed by atoms with E-state index < -0.39 is 27.2 Å². The maximum atomic E-state index is 12.1. The van der Waals surface area contributed by atoms with Gasteiger partial charge in [-0.1, -0.05) is 20.8 Å². The molecular weight excluding hydrogens is 302 g/mol. The molecule has 130 valence electrons. The van der Waals surface area contributed by atoms with Crippen LogP contribution in [0.1, 0.15) is 59.3 Å². The van der Waals surface area contributed by atoms with Gasteiger partial charge in [0, 0.05) is 12.6 Å². The largest absolute Gasteiger partial charge is 0.348 e. The Labute approximate surface area is 134 Å². The van der Waals surface area contributed by atoms with Crippen LogP contribution in [-0.2, 0) is 14.8 Å². The summed E-state index contributed by atoms with van der Waals surface area (Å²) >= 11 is 0. The van der Waals surface area contributed by atoms with Gasteiger partial charge in [-0.15, -0.1) is 0 Å². The van der Waals surface area contributed by atoms with Gasteiger partial charge in [-0.2, -0.15) is 0 Å². The van der Waals surface area contributed by atoms with E-state index in [1.165, 1.54) is 0 Å². The predicted molar refractivity (Wildman–Crippen MR) is 88.9 cm³/mol. The number of nitrogens with one attached hydrogen (secondary N) is 2. The fourth-order valence-corrected chi connectivity index (χ4v) is 4.19. The van der Waals surface area contributed by atoms with Crippen LogP contribution in [-0.4, -0.2) is 38.2 Å². The standard InChI is InChI=1S/C15H31N3O3S/c1-4-15(5-2,11-16)17-14(19)10-22(20,21)18-13-8-6-12(3)7-9-13/h12-13,18H,4-11,16H2,1-3H3,(H,17,19). The van der Waals surface area contributed by atoms with E-state index >= 15 is 0 Å². The lowest BCUT2D eigenvalue weighted by Gasteiger charge is -2.31. The molecule has 1 aliphatic carbocycles. The number of nitrogens with two attached hydrogens (primary N) is 1. The van der Waals surface area contributed by atoms with Crippen molar-refractivity contribution in [3.05, 3.63) is 0 Å². The molecule has 0 radical (unpaired) electrons. The molecule has 6 nitrogen and oxygen atoms in total. The normalized spacial score (nSPS) is 23.3. The van der Waals surface area contributed by atoms with Crippen LogP contribution in [0.5, 0.6) is 0 Å². The summed E-state index contributed by atoms with van der Waals surface area (Å²) < 4.78 is 26.9. The Morgan fingerprint density at radius 1 is 1.18 bits per heavy atom. The van der Waals surface area contributed by atoms with Gasteiger partial charge in [0.25, 0.3) is 0 Å². The summed E-state index contributed by atoms with van der Waals surface area (Å²) in [6.45, 7) is 6.36. The van der Waals surface area contributed by atoms with Crippen molar-refractivity contribution in [3.63, 3.8) is 0 Å². The van der Waals surface area contributed by atoms with Crippen molar-refractivity contribution in [1.82, 2.24) is 10.0 Å². The van der Waals surface area contributed by atoms with Crippen molar-refractivity contribution in [1.29, 1.82) is 0 Å². The number of amides is 1. The first-order valence-electron chi connectivity index (χ1n) is 8.27. The molecule has 0 aromatic carbocycles. The Kier molecular flexibility index (Phi) is 7.28. The SMILES string of the molecule is CCC(CC)(CN)NC(=O)CS(=O)(=O)NC1CCC(C)CC1. The van der Waals surface area contributed by atoms with Crippen LogP contribution >= 0.6 is 0 Å². The Bertz CT molecular complexity index is 444. The highest BCUT2D eigenvalue weighted by atomic mass is 32.2. The molecule has 1 rings (SSSR count). The van der Waals surface area contributed by atoms with Crippen LogP contribution in [0.2, 0.25) is 0 Å². The maximum absolute atomic E-state index is 12.1. The number of rotatable bonds is 8. The summed E-state index contributed by atoms with van der Waals surface area (Å²) in [6, 6.07) is -0.0365. The van der Waals surface area contributed by atoms with Gasteiger partial charge < -0.3 is 11.1 Å². The zero-order valence-corrected chi connectivity index (χ0v) is 14.8. The fraction of sp³-hybridized carbons (Fsp3) is 0.933. The van der Waals surface area contributed by atoms with Crippen molar-refractivity contribution >= 4 is 15.9 Å². The highest BCUT2D eigenvalue weighted by Crippen LogP contribution is 2.23. The van der Waals surface area contributed by atoms with Crippen LogP contribution in [0.4, 0.5) is 0 Å². The molecule has 1 fully saturated rings. The third kappa shape index (κ3) is 5.85. The second kappa shape index (κ2) is 8.26. The molecule has 4 N–H and O–H groups in total. The fourth-order valence-electron chi connectivity index (χ4n) is 2.94. The van der Waals surface area contributed by atoms with Gasteiger partial charge in [0.05, 0.1) is 5.54 Å². The van der Waals surface area contributed by atoms with E-state index in [2.05, 4.69) is 17.0 Å². The van der Waals surface area contributed by atoms with E-state index in [4.69, 9.17) is 5.73 Å². The molecule has 1 amide bonds. The smallest absolute Gasteiger partial charge is 0.237 e. The highest BCUT2D eigenvalue weighted by Gasteiger charge is 2.29. The number of carbonyl (C=O) groups is 1. The van der Waals surface area contributed by atoms with Crippen molar-refractivity contribution in [2.45, 2.75) is 70.9 Å². The van der Waals surface area contributed by atoms with E-state index in [0.29, 0.717) is 25.3 Å². The quantitative estimate of drug-likeness (QED) is 0.619. The second-order valence-electron chi connectivity index (χ2n) is 6.57. The van der Waals surface area contributed by atoms with Gasteiger partial charge in [0.15, 0.2) is 0 Å². The first kappa shape index (κ1) is 19.4. The Hall–Kier alpha value is -0.660. The summed E-state index contributed by atoms with van der Waals surface area (Å²) in [6.07, 6.45) is 5.11. The minimum atomic E-state index is -3.60. The third-order valence-corrected chi connectivity index (χ3v) is 6.17. The molecule has 0 unspecified atom stereocenters. The Morgan fingerprint density at radius 2 is 1.73 bits per heavy atom. The van der Waals surface area contributed by atoms with Crippen LogP contribution in [0.3, 0.4) is 0 Å². The minimum Gasteiger partial charge on any atom is -0.348 e. The van der Waals surface area contributed by atoms with E-state index in [9.17, 15) is 13.2 Å². The molecule has 1 saturated carbocycles. The van der Waals surface area contributed by atoms with Crippen molar-refractivity contribution in [3.8, 4) is 0 Å². The lowest BCUT2D eigenvalue weighted by molar-refractivity contribution is -0.120. The zero-order valence-electron chi connectivity index (χ0n) is 14.0. The molecule has 0 spiro atoms. The summed E-state index contributed by atoms with van der Waals surface area (Å²) in [4.78, 5) is 12.1. The first-order valence-corrected chi connectivity index (χ1v) is 9.92. The van der Waals surface area contributed by atoms with Gasteiger partial charge in [-0.25, -0.2) is 13.1 Å². The average Bonchev–Trinajstić information content (AvgIpc) is 2.46. The summed E-state index contributed by atoms with van der Waals surface area (Å²) in [5.74, 6) is -0.352. The second-order valence-corrected chi connectivity index (χ2v) is 8.33. The van der Waals surface area contributed by atoms with E-state index in [1.807, 2.05) is 13.8 Å². The number of hydrogen-bond acceptors (Lipinski definition) is 4. The first-order chi connectivity index (χ1) is 10.3. The van der Waals surface area contributed by atoms with Gasteiger partial charge in [-0.05, 0) is 44.4 Å². The summed E-state index contributed by atoms with van der Waals surface area (Å²) in [5, 5.41) is 2.80. The van der Waals surface area contributed by atoms with Gasteiger partial charge in [0.1, 0.15) is 5.75 Å². The number of carbonyl (C=O) groups excluding carboxylic acids is 1. The molecule has 0 saturated heterocycles. The van der Waals surface area contributed by atoms with Crippen LogP contribution in [0.15, 0.2) is 0 Å². The topological polar surface area (TPSA) is 101 Å². The minimum absolute atomic E-state index is 0.0365. The van der Waals surface area contributed by atoms with Gasteiger partial charge >= 0.3 is 0 Å². The average molecular weight is 333 g/mol. The van der Waals surface area contributed by atoms with Crippen molar-refractivity contribution in [2.24, 2.45) is 11.7 Å². The summed E-state index contributed by atoms with van der Waals surface area (Å²) in [7, 11) is -3.60. The number of sulfonamides is 1. The molecule has 0 aromatic heterocycles. The molecule has 0 atom stereocenters. The monoisotopic (exact) mass is 333 g/mol. The van der Waals surface area contributed by atoms with Crippen LogP contribution in [0.25, 0.3) is 0 Å². The molecule has 0 bridgehead atoms. The van der Waals surface area contributed by atoms with E-state index in [0.717, 1.165) is 25.7 Å². The molecule has 22 heavy (non-hydrogen) atoms. The Morgan fingerprint density at radius 3 is 2.18 bits per heavy atom. The van der Waals surface area contributed by atoms with Crippen molar-refractivity contribution in [2.75, 3.05) is 12.3 Å². The molecule has 0 heterocycles. The van der Waals surface area contributed by atoms with E-state index in [1.54, 1.807) is 0 Å². The number of hydrogen-bond donors (Lipinski definition) is 3. The molecule has 0 aliphatic heterocycles. The van der Waals surface area contributed by atoms with Gasteiger partial charge in [0.2, 0.25) is 15.9 Å². The van der Waals surface area contributed by atoms with Crippen LogP contribution in [0, 0.1) is 5.92 Å². The molecule has 1 aliphatic rings. The van der Waals surface area contributed by atoms with Crippen LogP contribution < -0.4 is 15.8 Å². The molecule has 0 aromatic rings. The molecular formula is C15H31N3O3S. The lowest BCUT2D eigenvalue weighted by atomic mass is 9.88. The predicted octanol–water partition coefficient (Wildman–Crippen LogP) is 1.12. The van der Waals surface area contributed by atoms with Gasteiger partial charge in [-0.3, -0.25) is 4.79 Å². The molecule has 7 heteroatoms. The maximum Gasteiger partial charge on any atom is 0.237 e. The Balaban J connectivity index is 2.55. The van der Waals surface area contributed by atoms with Crippen molar-refractivity contribution < 1.29 is 13.2 Å².